The zero-order valence-corrected chi connectivity index (χ0v) is 19.1. The topological polar surface area (TPSA) is 66.8 Å². The fraction of sp³-hybridized carbons (Fsp3) is 0.960. The van der Waals surface area contributed by atoms with E-state index in [0.717, 1.165) is 51.4 Å². The predicted molar refractivity (Wildman–Crippen MR) is 113 cm³/mol. The summed E-state index contributed by atoms with van der Waals surface area (Å²) in [7, 11) is 1.50. The van der Waals surface area contributed by atoms with Gasteiger partial charge in [-0.1, -0.05) is 34.1 Å². The molecule has 0 heterocycles. The van der Waals surface area contributed by atoms with Gasteiger partial charge in [0.05, 0.1) is 25.2 Å². The fourth-order valence-electron chi connectivity index (χ4n) is 9.17. The molecule has 4 rings (SSSR count). The molecule has 0 bridgehead atoms. The van der Waals surface area contributed by atoms with Crippen molar-refractivity contribution in [3.05, 3.63) is 0 Å². The summed E-state index contributed by atoms with van der Waals surface area (Å²) in [5.74, 6) is 2.30. The molecule has 0 aromatic rings. The van der Waals surface area contributed by atoms with Gasteiger partial charge in [-0.05, 0) is 91.3 Å². The Labute approximate surface area is 176 Å². The van der Waals surface area contributed by atoms with E-state index >= 15 is 0 Å². The summed E-state index contributed by atoms with van der Waals surface area (Å²) >= 11 is 0. The third kappa shape index (κ3) is 3.03. The fourth-order valence-corrected chi connectivity index (χ4v) is 9.17. The van der Waals surface area contributed by atoms with E-state index in [0.29, 0.717) is 29.6 Å². The second-order valence-corrected chi connectivity index (χ2v) is 11.4. The maximum absolute atomic E-state index is 12.3. The predicted octanol–water partition coefficient (Wildman–Crippen LogP) is 4.42. The Bertz CT molecular complexity index is 634. The van der Waals surface area contributed by atoms with Crippen LogP contribution in [-0.2, 0) is 9.53 Å². The van der Waals surface area contributed by atoms with Crippen LogP contribution in [0.25, 0.3) is 0 Å². The van der Waals surface area contributed by atoms with Crippen molar-refractivity contribution in [2.75, 3.05) is 7.11 Å². The number of esters is 1. The second-order valence-electron chi connectivity index (χ2n) is 11.4. The van der Waals surface area contributed by atoms with Gasteiger partial charge in [0.1, 0.15) is 0 Å². The summed E-state index contributed by atoms with van der Waals surface area (Å²) in [6, 6.07) is 0. The molecule has 166 valence electrons. The molecule has 4 heteroatoms. The molecule has 4 aliphatic rings. The smallest absolute Gasteiger partial charge is 0.308 e. The molecule has 0 aromatic heterocycles. The average Bonchev–Trinajstić information content (AvgIpc) is 3.05. The highest BCUT2D eigenvalue weighted by molar-refractivity contribution is 5.72. The third-order valence-corrected chi connectivity index (χ3v) is 10.6. The highest BCUT2D eigenvalue weighted by Gasteiger charge is 2.65. The molecule has 0 aliphatic heterocycles. The van der Waals surface area contributed by atoms with E-state index in [1.54, 1.807) is 0 Å². The van der Waals surface area contributed by atoms with Crippen LogP contribution in [0.15, 0.2) is 0 Å². The molecule has 4 nitrogen and oxygen atoms in total. The van der Waals surface area contributed by atoms with Crippen molar-refractivity contribution < 1.29 is 19.7 Å². The standard InChI is InChI=1S/C25H42O4/c1-6-16-20-13-15(26)9-11-25(20,4)19-10-12-24(3)17(14(2)23(28)29-5)7-8-18(24)21(19)22(16)27/h14-22,26-27H,6-13H2,1-5H3/t14-,15+,16-,17?,18-,19-,20?,21-,22?,24?,25?/m0/s1. The van der Waals surface area contributed by atoms with Crippen molar-refractivity contribution >= 4 is 5.97 Å². The summed E-state index contributed by atoms with van der Waals surface area (Å²) in [5.41, 5.74) is 0.350. The van der Waals surface area contributed by atoms with Gasteiger partial charge >= 0.3 is 5.97 Å². The number of aliphatic hydroxyl groups excluding tert-OH is 2. The van der Waals surface area contributed by atoms with Gasteiger partial charge < -0.3 is 14.9 Å². The van der Waals surface area contributed by atoms with Crippen LogP contribution in [0.4, 0.5) is 0 Å². The summed E-state index contributed by atoms with van der Waals surface area (Å²) < 4.78 is 5.10. The van der Waals surface area contributed by atoms with Crippen LogP contribution in [0.1, 0.15) is 79.1 Å². The first-order chi connectivity index (χ1) is 13.7. The average molecular weight is 407 g/mol. The first-order valence-corrected chi connectivity index (χ1v) is 12.1. The molecule has 29 heavy (non-hydrogen) atoms. The molecule has 11 atom stereocenters. The number of hydrogen-bond donors (Lipinski definition) is 2. The number of methoxy groups -OCH3 is 1. The van der Waals surface area contributed by atoms with Crippen LogP contribution >= 0.6 is 0 Å². The van der Waals surface area contributed by atoms with E-state index in [1.807, 2.05) is 6.92 Å². The number of aliphatic hydroxyl groups is 2. The van der Waals surface area contributed by atoms with Crippen molar-refractivity contribution in [2.24, 2.45) is 52.3 Å². The van der Waals surface area contributed by atoms with Gasteiger partial charge in [-0.25, -0.2) is 0 Å². The molecule has 4 aliphatic carbocycles. The Morgan fingerprint density at radius 3 is 2.34 bits per heavy atom. The van der Waals surface area contributed by atoms with E-state index < -0.39 is 0 Å². The molecular weight excluding hydrogens is 364 g/mol. The molecule has 5 unspecified atom stereocenters. The van der Waals surface area contributed by atoms with E-state index in [4.69, 9.17) is 4.74 Å². The lowest BCUT2D eigenvalue weighted by atomic mass is 9.41. The molecular formula is C25H42O4. The lowest BCUT2D eigenvalue weighted by molar-refractivity contribution is -0.203. The molecule has 0 spiro atoms. The SMILES string of the molecule is CC[C@@H]1C(O)[C@@H]2[C@H](CCC3(C)C([C@H](C)C(=O)OC)CC[C@@H]23)C2(C)CC[C@@H](O)CC12. The summed E-state index contributed by atoms with van der Waals surface area (Å²) in [6.07, 6.45) is 7.88. The molecule has 4 fully saturated rings. The molecule has 4 saturated carbocycles. The van der Waals surface area contributed by atoms with Crippen LogP contribution in [-0.4, -0.2) is 35.5 Å². The zero-order chi connectivity index (χ0) is 21.1. The first kappa shape index (κ1) is 21.6. The first-order valence-electron chi connectivity index (χ1n) is 12.1. The quantitative estimate of drug-likeness (QED) is 0.681. The highest BCUT2D eigenvalue weighted by Crippen LogP contribution is 2.69. The minimum atomic E-state index is -0.273. The minimum Gasteiger partial charge on any atom is -0.469 e. The number of ether oxygens (including phenoxy) is 1. The van der Waals surface area contributed by atoms with Crippen LogP contribution in [0.3, 0.4) is 0 Å². The molecule has 2 N–H and O–H groups in total. The monoisotopic (exact) mass is 406 g/mol. The number of rotatable bonds is 3. The Hall–Kier alpha value is -0.610. The largest absolute Gasteiger partial charge is 0.469 e. The summed E-state index contributed by atoms with van der Waals surface area (Å²) in [4.78, 5) is 12.3. The zero-order valence-electron chi connectivity index (χ0n) is 19.1. The van der Waals surface area contributed by atoms with E-state index in [-0.39, 0.29) is 40.8 Å². The lowest BCUT2D eigenvalue weighted by Gasteiger charge is -2.64. The molecule has 0 amide bonds. The number of hydrogen-bond acceptors (Lipinski definition) is 4. The van der Waals surface area contributed by atoms with Crippen molar-refractivity contribution in [3.63, 3.8) is 0 Å². The van der Waals surface area contributed by atoms with E-state index in [9.17, 15) is 15.0 Å². The van der Waals surface area contributed by atoms with Gasteiger partial charge in [0, 0.05) is 0 Å². The maximum atomic E-state index is 12.3. The maximum Gasteiger partial charge on any atom is 0.308 e. The Morgan fingerprint density at radius 1 is 1.03 bits per heavy atom. The number of carbonyl (C=O) groups excluding carboxylic acids is 1. The molecule has 0 radical (unpaired) electrons. The molecule has 0 saturated heterocycles. The molecule has 0 aromatic carbocycles. The van der Waals surface area contributed by atoms with Crippen LogP contribution in [0, 0.1) is 52.3 Å². The Kier molecular flexibility index (Phi) is 5.60. The van der Waals surface area contributed by atoms with Crippen LogP contribution in [0.2, 0.25) is 0 Å². The van der Waals surface area contributed by atoms with Gasteiger partial charge in [0.15, 0.2) is 0 Å². The van der Waals surface area contributed by atoms with Gasteiger partial charge in [0.25, 0.3) is 0 Å². The van der Waals surface area contributed by atoms with Crippen molar-refractivity contribution in [1.29, 1.82) is 0 Å². The Balaban J connectivity index is 1.67. The number of fused-ring (bicyclic) bond motifs is 5. The minimum absolute atomic E-state index is 0.0672. The lowest BCUT2D eigenvalue weighted by Crippen LogP contribution is -2.62. The normalized spacial score (nSPS) is 52.8. The van der Waals surface area contributed by atoms with Gasteiger partial charge in [-0.15, -0.1) is 0 Å². The van der Waals surface area contributed by atoms with Crippen LogP contribution < -0.4 is 0 Å². The second kappa shape index (κ2) is 7.51. The third-order valence-electron chi connectivity index (χ3n) is 10.6. The number of carbonyl (C=O) groups is 1. The van der Waals surface area contributed by atoms with E-state index in [1.165, 1.54) is 7.11 Å². The van der Waals surface area contributed by atoms with Gasteiger partial charge in [-0.3, -0.25) is 4.79 Å². The summed E-state index contributed by atoms with van der Waals surface area (Å²) in [6.45, 7) is 9.14. The van der Waals surface area contributed by atoms with Crippen molar-refractivity contribution in [3.8, 4) is 0 Å². The Morgan fingerprint density at radius 2 is 1.69 bits per heavy atom. The van der Waals surface area contributed by atoms with Gasteiger partial charge in [0.2, 0.25) is 0 Å². The highest BCUT2D eigenvalue weighted by atomic mass is 16.5. The van der Waals surface area contributed by atoms with E-state index in [2.05, 4.69) is 20.8 Å². The van der Waals surface area contributed by atoms with Crippen LogP contribution in [0.5, 0.6) is 0 Å². The summed E-state index contributed by atoms with van der Waals surface area (Å²) in [5, 5.41) is 22.1. The van der Waals surface area contributed by atoms with Gasteiger partial charge in [-0.2, -0.15) is 0 Å². The van der Waals surface area contributed by atoms with Crippen molar-refractivity contribution in [1.82, 2.24) is 0 Å². The van der Waals surface area contributed by atoms with Crippen molar-refractivity contribution in [2.45, 2.75) is 91.3 Å².